The van der Waals surface area contributed by atoms with Crippen LogP contribution in [0, 0.1) is 0 Å². The maximum atomic E-state index is 12.1. The fourth-order valence-corrected chi connectivity index (χ4v) is 3.77. The van der Waals surface area contributed by atoms with Gasteiger partial charge in [-0.3, -0.25) is 10.2 Å². The number of H-pyrrole nitrogens is 1. The summed E-state index contributed by atoms with van der Waals surface area (Å²) < 4.78 is 5.74. The molecule has 30 heavy (non-hydrogen) atoms. The molecule has 0 spiro atoms. The molecule has 8 heteroatoms. The highest BCUT2D eigenvalue weighted by molar-refractivity contribution is 5.90. The van der Waals surface area contributed by atoms with Gasteiger partial charge < -0.3 is 9.40 Å². The van der Waals surface area contributed by atoms with Crippen LogP contribution in [0.15, 0.2) is 70.2 Å². The number of hydrazine groups is 1. The largest absolute Gasteiger partial charge is 0.406 e. The zero-order valence-corrected chi connectivity index (χ0v) is 16.4. The molecule has 0 saturated carbocycles. The first-order chi connectivity index (χ1) is 14.7. The predicted octanol–water partition coefficient (Wildman–Crippen LogP) is 3.67. The topological polar surface area (TPSA) is 99.4 Å². The first-order valence-corrected chi connectivity index (χ1v) is 9.74. The SMILES string of the molecule is CC(=O)N1N/C(=N/c2nnc(Cc3c[nH]c4ccccc34)o2)CC1c1ccccc1. The molecule has 8 nitrogen and oxygen atoms in total. The van der Waals surface area contributed by atoms with Gasteiger partial charge in [0.15, 0.2) is 0 Å². The van der Waals surface area contributed by atoms with Crippen LogP contribution in [0.2, 0.25) is 0 Å². The number of fused-ring (bicyclic) bond motifs is 1. The number of amidine groups is 1. The number of rotatable bonds is 4. The van der Waals surface area contributed by atoms with Gasteiger partial charge in [-0.05, 0) is 17.2 Å². The molecule has 1 atom stereocenters. The molecule has 1 amide bonds. The maximum absolute atomic E-state index is 12.1. The first kappa shape index (κ1) is 18.1. The van der Waals surface area contributed by atoms with E-state index in [0.717, 1.165) is 22.0 Å². The van der Waals surface area contributed by atoms with E-state index in [1.807, 2.05) is 54.7 Å². The Morgan fingerprint density at radius 3 is 2.80 bits per heavy atom. The Labute approximate surface area is 172 Å². The van der Waals surface area contributed by atoms with Gasteiger partial charge in [0, 0.05) is 30.4 Å². The van der Waals surface area contributed by atoms with E-state index >= 15 is 0 Å². The van der Waals surface area contributed by atoms with Crippen molar-refractivity contribution in [2.24, 2.45) is 4.99 Å². The number of aliphatic imine (C=N–C) groups is 1. The van der Waals surface area contributed by atoms with Crippen molar-refractivity contribution in [1.29, 1.82) is 0 Å². The van der Waals surface area contributed by atoms with Crippen molar-refractivity contribution in [2.45, 2.75) is 25.8 Å². The van der Waals surface area contributed by atoms with Crippen molar-refractivity contribution in [3.05, 3.63) is 77.8 Å². The number of amides is 1. The predicted molar refractivity (Wildman–Crippen MR) is 112 cm³/mol. The van der Waals surface area contributed by atoms with E-state index < -0.39 is 0 Å². The Kier molecular flexibility index (Phi) is 4.51. The van der Waals surface area contributed by atoms with E-state index in [1.165, 1.54) is 6.92 Å². The summed E-state index contributed by atoms with van der Waals surface area (Å²) in [5, 5.41) is 10.9. The minimum absolute atomic E-state index is 0.0837. The van der Waals surface area contributed by atoms with Gasteiger partial charge in [-0.2, -0.15) is 4.99 Å². The minimum Gasteiger partial charge on any atom is -0.406 e. The van der Waals surface area contributed by atoms with E-state index in [1.54, 1.807) is 5.01 Å². The number of para-hydroxylation sites is 1. The average molecular weight is 400 g/mol. The average Bonchev–Trinajstić information content (AvgIpc) is 3.49. The summed E-state index contributed by atoms with van der Waals surface area (Å²) >= 11 is 0. The number of aromatic nitrogens is 3. The van der Waals surface area contributed by atoms with Gasteiger partial charge in [-0.1, -0.05) is 53.6 Å². The molecule has 150 valence electrons. The summed E-state index contributed by atoms with van der Waals surface area (Å²) in [6.45, 7) is 1.53. The van der Waals surface area contributed by atoms with Crippen LogP contribution in [0.3, 0.4) is 0 Å². The van der Waals surface area contributed by atoms with Crippen LogP contribution in [0.4, 0.5) is 6.01 Å². The highest BCUT2D eigenvalue weighted by Gasteiger charge is 2.32. The van der Waals surface area contributed by atoms with E-state index in [2.05, 4.69) is 31.7 Å². The van der Waals surface area contributed by atoms with Crippen LogP contribution in [0.5, 0.6) is 0 Å². The van der Waals surface area contributed by atoms with Gasteiger partial charge in [0.05, 0.1) is 12.5 Å². The molecule has 1 saturated heterocycles. The second kappa shape index (κ2) is 7.47. The first-order valence-electron chi connectivity index (χ1n) is 9.74. The fourth-order valence-electron chi connectivity index (χ4n) is 3.77. The standard InChI is InChI=1S/C22H20N6O2/c1-14(29)28-19(15-7-3-2-4-8-15)12-20(27-28)24-22-26-25-21(30-22)11-16-13-23-18-10-6-5-9-17(16)18/h2-10,13,19,23H,11-12H2,1H3,(H,24,26,27). The van der Waals surface area contributed by atoms with Crippen molar-refractivity contribution < 1.29 is 9.21 Å². The smallest absolute Gasteiger partial charge is 0.344 e. The van der Waals surface area contributed by atoms with Gasteiger partial charge in [0.25, 0.3) is 0 Å². The number of nitrogens with one attached hydrogen (secondary N) is 2. The summed E-state index contributed by atoms with van der Waals surface area (Å²) in [4.78, 5) is 19.8. The molecule has 1 fully saturated rings. The summed E-state index contributed by atoms with van der Waals surface area (Å²) in [7, 11) is 0. The Balaban J connectivity index is 1.35. The molecule has 0 bridgehead atoms. The van der Waals surface area contributed by atoms with Crippen molar-refractivity contribution >= 4 is 28.7 Å². The summed E-state index contributed by atoms with van der Waals surface area (Å²) in [5.41, 5.74) is 6.26. The molecular weight excluding hydrogens is 380 g/mol. The molecule has 5 rings (SSSR count). The molecule has 4 aromatic rings. The van der Waals surface area contributed by atoms with Crippen molar-refractivity contribution in [2.75, 3.05) is 0 Å². The van der Waals surface area contributed by atoms with Crippen LogP contribution >= 0.6 is 0 Å². The molecular formula is C22H20N6O2. The molecule has 1 aliphatic heterocycles. The molecule has 2 aromatic carbocycles. The van der Waals surface area contributed by atoms with E-state index in [9.17, 15) is 4.79 Å². The third kappa shape index (κ3) is 3.43. The normalized spacial score (nSPS) is 17.6. The van der Waals surface area contributed by atoms with Gasteiger partial charge in [0.2, 0.25) is 11.8 Å². The number of hydrogen-bond acceptors (Lipinski definition) is 5. The Morgan fingerprint density at radius 2 is 1.97 bits per heavy atom. The van der Waals surface area contributed by atoms with E-state index in [0.29, 0.717) is 24.6 Å². The van der Waals surface area contributed by atoms with Crippen LogP contribution < -0.4 is 5.43 Å². The second-order valence-corrected chi connectivity index (χ2v) is 7.20. The lowest BCUT2D eigenvalue weighted by Gasteiger charge is -2.22. The fraction of sp³-hybridized carbons (Fsp3) is 0.182. The maximum Gasteiger partial charge on any atom is 0.344 e. The molecule has 0 aliphatic carbocycles. The number of carbonyl (C=O) groups excluding carboxylic acids is 1. The highest BCUT2D eigenvalue weighted by atomic mass is 16.4. The molecule has 0 radical (unpaired) electrons. The van der Waals surface area contributed by atoms with Crippen LogP contribution in [0.1, 0.15) is 36.4 Å². The van der Waals surface area contributed by atoms with Crippen LogP contribution in [-0.2, 0) is 11.2 Å². The molecule has 2 aromatic heterocycles. The minimum atomic E-state index is -0.129. The lowest BCUT2D eigenvalue weighted by Crippen LogP contribution is -2.38. The van der Waals surface area contributed by atoms with Crippen molar-refractivity contribution in [3.63, 3.8) is 0 Å². The number of carbonyl (C=O) groups is 1. The lowest BCUT2D eigenvalue weighted by atomic mass is 10.0. The lowest BCUT2D eigenvalue weighted by molar-refractivity contribution is -0.132. The quantitative estimate of drug-likeness (QED) is 0.544. The van der Waals surface area contributed by atoms with Gasteiger partial charge >= 0.3 is 6.01 Å². The van der Waals surface area contributed by atoms with Crippen molar-refractivity contribution in [1.82, 2.24) is 25.6 Å². The third-order valence-electron chi connectivity index (χ3n) is 5.17. The monoisotopic (exact) mass is 400 g/mol. The van der Waals surface area contributed by atoms with E-state index in [-0.39, 0.29) is 18.0 Å². The van der Waals surface area contributed by atoms with Crippen molar-refractivity contribution in [3.8, 4) is 0 Å². The van der Waals surface area contributed by atoms with Crippen LogP contribution in [-0.4, -0.2) is 31.9 Å². The molecule has 3 heterocycles. The zero-order chi connectivity index (χ0) is 20.5. The Bertz CT molecular complexity index is 1230. The highest BCUT2D eigenvalue weighted by Crippen LogP contribution is 2.29. The van der Waals surface area contributed by atoms with Gasteiger partial charge in [-0.25, -0.2) is 5.01 Å². The third-order valence-corrected chi connectivity index (χ3v) is 5.17. The number of hydrogen-bond donors (Lipinski definition) is 2. The molecule has 2 N–H and O–H groups in total. The summed E-state index contributed by atoms with van der Waals surface area (Å²) in [6.07, 6.45) is 3.01. The Morgan fingerprint density at radius 1 is 1.17 bits per heavy atom. The second-order valence-electron chi connectivity index (χ2n) is 7.20. The van der Waals surface area contributed by atoms with E-state index in [4.69, 9.17) is 4.42 Å². The van der Waals surface area contributed by atoms with Crippen LogP contribution in [0.25, 0.3) is 10.9 Å². The number of benzene rings is 2. The number of nitrogens with zero attached hydrogens (tertiary/aromatic N) is 4. The van der Waals surface area contributed by atoms with Gasteiger partial charge in [0.1, 0.15) is 5.84 Å². The van der Waals surface area contributed by atoms with Gasteiger partial charge in [-0.15, -0.1) is 5.10 Å². The summed E-state index contributed by atoms with van der Waals surface area (Å²) in [6, 6.07) is 18.0. The zero-order valence-electron chi connectivity index (χ0n) is 16.4. The molecule has 1 aliphatic rings. The molecule has 1 unspecified atom stereocenters. The summed E-state index contributed by atoms with van der Waals surface area (Å²) in [5.74, 6) is 1.01. The number of aromatic amines is 1. The Hall–Kier alpha value is -3.94.